The highest BCUT2D eigenvalue weighted by atomic mass is 16.5. The molecule has 0 radical (unpaired) electrons. The number of ether oxygens (including phenoxy) is 2. The van der Waals surface area contributed by atoms with Crippen molar-refractivity contribution in [3.8, 4) is 11.8 Å². The second-order valence-electron chi connectivity index (χ2n) is 4.16. The van der Waals surface area contributed by atoms with Crippen LogP contribution in [0.5, 0.6) is 0 Å². The maximum atomic E-state index is 11.3. The molecule has 3 heteroatoms. The van der Waals surface area contributed by atoms with Crippen molar-refractivity contribution in [2.24, 2.45) is 0 Å². The summed E-state index contributed by atoms with van der Waals surface area (Å²) in [7, 11) is 0. The van der Waals surface area contributed by atoms with Crippen LogP contribution >= 0.6 is 0 Å². The Kier molecular flexibility index (Phi) is 6.99. The highest BCUT2D eigenvalue weighted by Crippen LogP contribution is 2.06. The third-order valence-electron chi connectivity index (χ3n) is 2.46. The zero-order valence-electron chi connectivity index (χ0n) is 12.2. The van der Waals surface area contributed by atoms with Gasteiger partial charge >= 0.3 is 5.97 Å². The van der Waals surface area contributed by atoms with Gasteiger partial charge in [0.2, 0.25) is 0 Å². The van der Waals surface area contributed by atoms with E-state index in [0.717, 1.165) is 12.0 Å². The minimum Gasteiger partial charge on any atom is -0.482 e. The van der Waals surface area contributed by atoms with Gasteiger partial charge in [-0.2, -0.15) is 0 Å². The Morgan fingerprint density at radius 2 is 2.00 bits per heavy atom. The largest absolute Gasteiger partial charge is 0.482 e. The molecule has 0 aromatic heterocycles. The molecular formula is C17H20O3. The minimum absolute atomic E-state index is 0.235. The number of carbonyl (C=O) groups excluding carboxylic acids is 1. The van der Waals surface area contributed by atoms with Gasteiger partial charge in [-0.25, -0.2) is 4.79 Å². The van der Waals surface area contributed by atoms with Crippen molar-refractivity contribution in [1.82, 2.24) is 0 Å². The van der Waals surface area contributed by atoms with Gasteiger partial charge in [-0.05, 0) is 32.4 Å². The van der Waals surface area contributed by atoms with Crippen LogP contribution in [0.1, 0.15) is 32.8 Å². The molecule has 20 heavy (non-hydrogen) atoms. The van der Waals surface area contributed by atoms with Crippen LogP contribution < -0.4 is 0 Å². The molecule has 1 rings (SSSR count). The van der Waals surface area contributed by atoms with Crippen molar-refractivity contribution in [3.63, 3.8) is 0 Å². The number of hydrogen-bond acceptors (Lipinski definition) is 3. The molecule has 0 spiro atoms. The molecule has 0 bridgehead atoms. The summed E-state index contributed by atoms with van der Waals surface area (Å²) in [6.07, 6.45) is 1.85. The fourth-order valence-corrected chi connectivity index (χ4v) is 1.51. The van der Waals surface area contributed by atoms with E-state index in [0.29, 0.717) is 12.4 Å². The monoisotopic (exact) mass is 272 g/mol. The smallest absolute Gasteiger partial charge is 0.334 e. The van der Waals surface area contributed by atoms with Gasteiger partial charge in [0.15, 0.2) is 6.10 Å². The first-order chi connectivity index (χ1) is 9.65. The van der Waals surface area contributed by atoms with Crippen molar-refractivity contribution in [2.45, 2.75) is 33.3 Å². The number of carbonyl (C=O) groups is 1. The van der Waals surface area contributed by atoms with Crippen LogP contribution in [0.4, 0.5) is 0 Å². The van der Waals surface area contributed by atoms with E-state index in [4.69, 9.17) is 9.47 Å². The topological polar surface area (TPSA) is 35.5 Å². The van der Waals surface area contributed by atoms with Crippen molar-refractivity contribution < 1.29 is 14.3 Å². The lowest BCUT2D eigenvalue weighted by Gasteiger charge is -2.11. The summed E-state index contributed by atoms with van der Waals surface area (Å²) in [6, 6.07) is 9.72. The molecule has 0 aliphatic carbocycles. The van der Waals surface area contributed by atoms with Gasteiger partial charge < -0.3 is 9.47 Å². The first kappa shape index (κ1) is 15.8. The molecule has 106 valence electrons. The van der Waals surface area contributed by atoms with Crippen LogP contribution in [0.3, 0.4) is 0 Å². The molecule has 1 aromatic carbocycles. The van der Waals surface area contributed by atoms with Gasteiger partial charge in [0, 0.05) is 5.56 Å². The van der Waals surface area contributed by atoms with Crippen LogP contribution in [0.2, 0.25) is 0 Å². The highest BCUT2D eigenvalue weighted by molar-refractivity contribution is 5.82. The zero-order valence-corrected chi connectivity index (χ0v) is 12.2. The molecule has 0 aliphatic heterocycles. The van der Waals surface area contributed by atoms with Gasteiger partial charge in [-0.15, -0.1) is 0 Å². The predicted octanol–water partition coefficient (Wildman–Crippen LogP) is 3.30. The first-order valence-electron chi connectivity index (χ1n) is 6.74. The molecule has 3 nitrogen and oxygen atoms in total. The normalized spacial score (nSPS) is 12.1. The summed E-state index contributed by atoms with van der Waals surface area (Å²) in [5.41, 5.74) is 0.946. The number of hydrogen-bond donors (Lipinski definition) is 0. The molecule has 0 fully saturated rings. The highest BCUT2D eigenvalue weighted by Gasteiger charge is 2.05. The Labute approximate surface area is 120 Å². The quantitative estimate of drug-likeness (QED) is 0.357. The summed E-state index contributed by atoms with van der Waals surface area (Å²) in [5, 5.41) is 0. The lowest BCUT2D eigenvalue weighted by atomic mass is 10.2. The first-order valence-corrected chi connectivity index (χ1v) is 6.74. The summed E-state index contributed by atoms with van der Waals surface area (Å²) >= 11 is 0. The number of esters is 1. The van der Waals surface area contributed by atoms with Gasteiger partial charge in [-0.3, -0.25) is 0 Å². The van der Waals surface area contributed by atoms with Crippen molar-refractivity contribution >= 4 is 5.97 Å². The lowest BCUT2D eigenvalue weighted by molar-refractivity contribution is -0.137. The van der Waals surface area contributed by atoms with E-state index >= 15 is 0 Å². The molecule has 1 atom stereocenters. The summed E-state index contributed by atoms with van der Waals surface area (Å²) < 4.78 is 10.5. The summed E-state index contributed by atoms with van der Waals surface area (Å²) in [4.78, 5) is 11.3. The van der Waals surface area contributed by atoms with Gasteiger partial charge in [-0.1, -0.05) is 37.0 Å². The molecule has 1 aromatic rings. The number of rotatable bonds is 5. The van der Waals surface area contributed by atoms with E-state index in [2.05, 4.69) is 11.8 Å². The van der Waals surface area contributed by atoms with Crippen LogP contribution in [-0.2, 0) is 14.3 Å². The fraction of sp³-hybridized carbons (Fsp3) is 0.353. The maximum Gasteiger partial charge on any atom is 0.334 e. The molecule has 0 saturated carbocycles. The standard InChI is InChI=1S/C17H20O3/c1-4-16(12-11-15-9-7-6-8-10-15)20-14(3)13-17(18)19-5-2/h6-10,13,16H,4-5H2,1-3H3/b14-13+. The zero-order chi connectivity index (χ0) is 14.8. The Hall–Kier alpha value is -2.21. The van der Waals surface area contributed by atoms with Crippen LogP contribution in [0.25, 0.3) is 0 Å². The van der Waals surface area contributed by atoms with Crippen molar-refractivity contribution in [3.05, 3.63) is 47.7 Å². The average Bonchev–Trinajstić information content (AvgIpc) is 2.44. The van der Waals surface area contributed by atoms with Crippen LogP contribution in [-0.4, -0.2) is 18.7 Å². The number of allylic oxidation sites excluding steroid dienone is 1. The molecule has 0 heterocycles. The molecular weight excluding hydrogens is 252 g/mol. The second-order valence-corrected chi connectivity index (χ2v) is 4.16. The van der Waals surface area contributed by atoms with E-state index in [1.165, 1.54) is 6.08 Å². The summed E-state index contributed by atoms with van der Waals surface area (Å²) in [6.45, 7) is 5.83. The van der Waals surface area contributed by atoms with E-state index in [-0.39, 0.29) is 6.10 Å². The molecule has 1 unspecified atom stereocenters. The van der Waals surface area contributed by atoms with E-state index in [1.54, 1.807) is 13.8 Å². The third-order valence-corrected chi connectivity index (χ3v) is 2.46. The van der Waals surface area contributed by atoms with Gasteiger partial charge in [0.25, 0.3) is 0 Å². The SMILES string of the molecule is CCOC(=O)/C=C(\C)OC(C#Cc1ccccc1)CC. The van der Waals surface area contributed by atoms with Gasteiger partial charge in [0.1, 0.15) is 5.76 Å². The second kappa shape index (κ2) is 8.82. The van der Waals surface area contributed by atoms with E-state index in [1.807, 2.05) is 37.3 Å². The van der Waals surface area contributed by atoms with Crippen LogP contribution in [0.15, 0.2) is 42.2 Å². The Morgan fingerprint density at radius 1 is 1.30 bits per heavy atom. The lowest BCUT2D eigenvalue weighted by Crippen LogP contribution is -2.09. The molecule has 0 amide bonds. The third kappa shape index (κ3) is 6.10. The van der Waals surface area contributed by atoms with Gasteiger partial charge in [0.05, 0.1) is 12.7 Å². The Morgan fingerprint density at radius 3 is 2.60 bits per heavy atom. The molecule has 0 saturated heterocycles. The van der Waals surface area contributed by atoms with Crippen LogP contribution in [0, 0.1) is 11.8 Å². The summed E-state index contributed by atoms with van der Waals surface area (Å²) in [5.74, 6) is 6.24. The fourth-order valence-electron chi connectivity index (χ4n) is 1.51. The number of benzene rings is 1. The predicted molar refractivity (Wildman–Crippen MR) is 78.9 cm³/mol. The minimum atomic E-state index is -0.393. The Balaban J connectivity index is 2.64. The Bertz CT molecular complexity index is 506. The molecule has 0 aliphatic rings. The average molecular weight is 272 g/mol. The van der Waals surface area contributed by atoms with E-state index in [9.17, 15) is 4.79 Å². The maximum absolute atomic E-state index is 11.3. The van der Waals surface area contributed by atoms with Crippen molar-refractivity contribution in [1.29, 1.82) is 0 Å². The van der Waals surface area contributed by atoms with Crippen molar-refractivity contribution in [2.75, 3.05) is 6.61 Å². The van der Waals surface area contributed by atoms with E-state index < -0.39 is 5.97 Å². The molecule has 0 N–H and O–H groups in total.